The highest BCUT2D eigenvalue weighted by Crippen LogP contribution is 2.30. The van der Waals surface area contributed by atoms with E-state index in [9.17, 15) is 8.78 Å². The first-order valence-electron chi connectivity index (χ1n) is 5.90. The van der Waals surface area contributed by atoms with Gasteiger partial charge in [0.05, 0.1) is 5.69 Å². The van der Waals surface area contributed by atoms with Gasteiger partial charge in [-0.15, -0.1) is 0 Å². The lowest BCUT2D eigenvalue weighted by molar-refractivity contribution is 0.524. The van der Waals surface area contributed by atoms with E-state index in [0.29, 0.717) is 11.7 Å². The van der Waals surface area contributed by atoms with Crippen molar-refractivity contribution in [2.45, 2.75) is 38.6 Å². The summed E-state index contributed by atoms with van der Waals surface area (Å²) in [4.78, 5) is 0. The zero-order chi connectivity index (χ0) is 11.5. The van der Waals surface area contributed by atoms with Crippen LogP contribution in [0.1, 0.15) is 32.6 Å². The molecule has 1 nitrogen and oxygen atoms in total. The minimum Gasteiger partial charge on any atom is -0.380 e. The van der Waals surface area contributed by atoms with E-state index in [4.69, 9.17) is 0 Å². The molecule has 1 N–H and O–H groups in total. The van der Waals surface area contributed by atoms with Crippen LogP contribution in [0.2, 0.25) is 0 Å². The predicted octanol–water partition coefficient (Wildman–Crippen LogP) is 3.96. The Hall–Kier alpha value is -1.12. The van der Waals surface area contributed by atoms with Gasteiger partial charge in [0.1, 0.15) is 11.6 Å². The lowest BCUT2D eigenvalue weighted by atomic mass is 10.1. The molecule has 3 heteroatoms. The first-order valence-corrected chi connectivity index (χ1v) is 5.90. The van der Waals surface area contributed by atoms with Crippen molar-refractivity contribution in [2.24, 2.45) is 5.92 Å². The average Bonchev–Trinajstić information content (AvgIpc) is 2.70. The van der Waals surface area contributed by atoms with Gasteiger partial charge in [0.15, 0.2) is 0 Å². The summed E-state index contributed by atoms with van der Waals surface area (Å²) >= 11 is 0. The first-order chi connectivity index (χ1) is 7.69. The van der Waals surface area contributed by atoms with Crippen LogP contribution < -0.4 is 5.32 Å². The quantitative estimate of drug-likeness (QED) is 0.821. The summed E-state index contributed by atoms with van der Waals surface area (Å²) in [5.74, 6) is -0.276. The second-order valence-electron chi connectivity index (χ2n) is 4.55. The van der Waals surface area contributed by atoms with E-state index in [1.54, 1.807) is 0 Å². The molecule has 2 atom stereocenters. The van der Waals surface area contributed by atoms with Gasteiger partial charge in [0, 0.05) is 12.1 Å². The number of benzene rings is 1. The Bertz CT molecular complexity index is 365. The molecule has 0 saturated heterocycles. The van der Waals surface area contributed by atoms with Crippen molar-refractivity contribution >= 4 is 5.69 Å². The molecule has 1 aromatic carbocycles. The van der Waals surface area contributed by atoms with Gasteiger partial charge < -0.3 is 5.32 Å². The van der Waals surface area contributed by atoms with E-state index in [1.807, 2.05) is 0 Å². The third-order valence-electron chi connectivity index (χ3n) is 3.41. The number of rotatable bonds is 3. The Morgan fingerprint density at radius 3 is 2.75 bits per heavy atom. The first kappa shape index (κ1) is 11.4. The highest BCUT2D eigenvalue weighted by atomic mass is 19.1. The topological polar surface area (TPSA) is 12.0 Å². The second kappa shape index (κ2) is 4.81. The van der Waals surface area contributed by atoms with Crippen LogP contribution in [-0.4, -0.2) is 6.04 Å². The van der Waals surface area contributed by atoms with Crippen molar-refractivity contribution in [3.8, 4) is 0 Å². The Morgan fingerprint density at radius 2 is 2.12 bits per heavy atom. The molecule has 0 amide bonds. The monoisotopic (exact) mass is 225 g/mol. The number of hydrogen-bond donors (Lipinski definition) is 1. The van der Waals surface area contributed by atoms with Crippen molar-refractivity contribution < 1.29 is 8.78 Å². The van der Waals surface area contributed by atoms with Crippen molar-refractivity contribution in [2.75, 3.05) is 5.32 Å². The van der Waals surface area contributed by atoms with Gasteiger partial charge in [0.25, 0.3) is 0 Å². The molecular formula is C13H17F2N. The van der Waals surface area contributed by atoms with E-state index >= 15 is 0 Å². The lowest BCUT2D eigenvalue weighted by Crippen LogP contribution is -2.16. The molecule has 1 saturated carbocycles. The Labute approximate surface area is 94.9 Å². The van der Waals surface area contributed by atoms with Gasteiger partial charge in [-0.05, 0) is 37.3 Å². The summed E-state index contributed by atoms with van der Waals surface area (Å²) in [5, 5.41) is 3.16. The van der Waals surface area contributed by atoms with E-state index in [0.717, 1.165) is 24.8 Å². The summed E-state index contributed by atoms with van der Waals surface area (Å²) in [7, 11) is 0. The summed E-state index contributed by atoms with van der Waals surface area (Å²) in [6, 6.07) is 4.03. The maximum Gasteiger partial charge on any atom is 0.149 e. The SMILES string of the molecule is CCC1CCC(Nc2ccc(F)cc2F)C1. The van der Waals surface area contributed by atoms with E-state index < -0.39 is 11.6 Å². The summed E-state index contributed by atoms with van der Waals surface area (Å²) in [6.07, 6.45) is 4.56. The smallest absolute Gasteiger partial charge is 0.149 e. The molecule has 88 valence electrons. The minimum absolute atomic E-state index is 0.338. The molecule has 0 bridgehead atoms. The zero-order valence-electron chi connectivity index (χ0n) is 9.47. The maximum absolute atomic E-state index is 13.4. The van der Waals surface area contributed by atoms with Gasteiger partial charge in [-0.2, -0.15) is 0 Å². The molecule has 0 aliphatic heterocycles. The molecular weight excluding hydrogens is 208 g/mol. The molecule has 0 radical (unpaired) electrons. The van der Waals surface area contributed by atoms with Crippen LogP contribution in [0, 0.1) is 17.6 Å². The standard InChI is InChI=1S/C13H17F2N/c1-2-9-3-5-11(7-9)16-13-6-4-10(14)8-12(13)15/h4,6,8-9,11,16H,2-3,5,7H2,1H3. The van der Waals surface area contributed by atoms with Crippen molar-refractivity contribution in [3.05, 3.63) is 29.8 Å². The van der Waals surface area contributed by atoms with Gasteiger partial charge in [-0.25, -0.2) is 8.78 Å². The lowest BCUT2D eigenvalue weighted by Gasteiger charge is -2.14. The van der Waals surface area contributed by atoms with Gasteiger partial charge in [-0.3, -0.25) is 0 Å². The van der Waals surface area contributed by atoms with Crippen LogP contribution in [-0.2, 0) is 0 Å². The molecule has 0 spiro atoms. The number of halogens is 2. The Kier molecular flexibility index (Phi) is 3.42. The van der Waals surface area contributed by atoms with E-state index in [1.165, 1.54) is 25.0 Å². The maximum atomic E-state index is 13.4. The van der Waals surface area contributed by atoms with Crippen molar-refractivity contribution in [1.29, 1.82) is 0 Å². The van der Waals surface area contributed by atoms with Crippen molar-refractivity contribution in [1.82, 2.24) is 0 Å². The van der Waals surface area contributed by atoms with Crippen molar-refractivity contribution in [3.63, 3.8) is 0 Å². The van der Waals surface area contributed by atoms with Gasteiger partial charge >= 0.3 is 0 Å². The fourth-order valence-electron chi connectivity index (χ4n) is 2.40. The van der Waals surface area contributed by atoms with Crippen LogP contribution in [0.15, 0.2) is 18.2 Å². The van der Waals surface area contributed by atoms with Crippen LogP contribution in [0.5, 0.6) is 0 Å². The number of hydrogen-bond acceptors (Lipinski definition) is 1. The third-order valence-corrected chi connectivity index (χ3v) is 3.41. The number of nitrogens with one attached hydrogen (secondary N) is 1. The molecule has 1 aromatic rings. The average molecular weight is 225 g/mol. The Balaban J connectivity index is 1.99. The Morgan fingerprint density at radius 1 is 1.31 bits per heavy atom. The molecule has 1 aliphatic rings. The molecule has 1 aliphatic carbocycles. The third kappa shape index (κ3) is 2.52. The number of anilines is 1. The summed E-state index contributed by atoms with van der Waals surface area (Å²) < 4.78 is 26.1. The summed E-state index contributed by atoms with van der Waals surface area (Å²) in [5.41, 5.74) is 0.420. The molecule has 2 unspecified atom stereocenters. The molecule has 16 heavy (non-hydrogen) atoms. The minimum atomic E-state index is -0.527. The fraction of sp³-hybridized carbons (Fsp3) is 0.538. The van der Waals surface area contributed by atoms with Gasteiger partial charge in [0.2, 0.25) is 0 Å². The normalized spacial score (nSPS) is 24.7. The van der Waals surface area contributed by atoms with E-state index in [2.05, 4.69) is 12.2 Å². The van der Waals surface area contributed by atoms with E-state index in [-0.39, 0.29) is 0 Å². The molecule has 0 heterocycles. The predicted molar refractivity (Wildman–Crippen MR) is 61.4 cm³/mol. The van der Waals surface area contributed by atoms with Gasteiger partial charge in [-0.1, -0.05) is 13.3 Å². The second-order valence-corrected chi connectivity index (χ2v) is 4.55. The molecule has 0 aromatic heterocycles. The largest absolute Gasteiger partial charge is 0.380 e. The van der Waals surface area contributed by atoms with Crippen LogP contribution in [0.3, 0.4) is 0 Å². The zero-order valence-corrected chi connectivity index (χ0v) is 9.47. The fourth-order valence-corrected chi connectivity index (χ4v) is 2.40. The molecule has 1 fully saturated rings. The van der Waals surface area contributed by atoms with Crippen LogP contribution in [0.25, 0.3) is 0 Å². The van der Waals surface area contributed by atoms with Crippen LogP contribution in [0.4, 0.5) is 14.5 Å². The summed E-state index contributed by atoms with van der Waals surface area (Å²) in [6.45, 7) is 2.19. The van der Waals surface area contributed by atoms with Crippen LogP contribution >= 0.6 is 0 Å². The highest BCUT2D eigenvalue weighted by Gasteiger charge is 2.23. The highest BCUT2D eigenvalue weighted by molar-refractivity contribution is 5.45. The molecule has 2 rings (SSSR count).